The molecule has 4 aromatic rings. The van der Waals surface area contributed by atoms with E-state index in [1.54, 1.807) is 6.26 Å². The van der Waals surface area contributed by atoms with Crippen molar-refractivity contribution in [2.24, 2.45) is 0 Å². The van der Waals surface area contributed by atoms with Gasteiger partial charge in [-0.15, -0.1) is 21.5 Å². The molecule has 0 unspecified atom stereocenters. The Morgan fingerprint density at radius 3 is 2.78 bits per heavy atom. The fourth-order valence-corrected chi connectivity index (χ4v) is 5.26. The SMILES string of the molecule is CCN(Cc1ccc(Cl)s1)C(=O)CSc1nnc(-c2cccc(C)c2)n1Cc1ccco1. The zero-order chi connectivity index (χ0) is 22.5. The largest absolute Gasteiger partial charge is 0.467 e. The molecule has 0 spiro atoms. The second kappa shape index (κ2) is 10.4. The van der Waals surface area contributed by atoms with Crippen LogP contribution in [0.4, 0.5) is 0 Å². The lowest BCUT2D eigenvalue weighted by Gasteiger charge is -2.20. The van der Waals surface area contributed by atoms with Crippen molar-refractivity contribution >= 4 is 40.6 Å². The molecule has 3 heterocycles. The van der Waals surface area contributed by atoms with Crippen LogP contribution in [-0.2, 0) is 17.9 Å². The highest BCUT2D eigenvalue weighted by Gasteiger charge is 2.19. The minimum atomic E-state index is 0.0478. The first kappa shape index (κ1) is 22.6. The molecule has 0 saturated carbocycles. The number of aromatic nitrogens is 3. The predicted molar refractivity (Wildman–Crippen MR) is 129 cm³/mol. The third kappa shape index (κ3) is 5.43. The summed E-state index contributed by atoms with van der Waals surface area (Å²) in [6, 6.07) is 15.7. The van der Waals surface area contributed by atoms with E-state index in [4.69, 9.17) is 16.0 Å². The van der Waals surface area contributed by atoms with Crippen molar-refractivity contribution in [2.75, 3.05) is 12.3 Å². The molecule has 1 aromatic carbocycles. The van der Waals surface area contributed by atoms with Crippen LogP contribution in [0.3, 0.4) is 0 Å². The van der Waals surface area contributed by atoms with Crippen molar-refractivity contribution in [3.63, 3.8) is 0 Å². The first-order chi connectivity index (χ1) is 15.5. The molecule has 0 N–H and O–H groups in total. The second-order valence-corrected chi connectivity index (χ2v) is 9.99. The Kier molecular flexibility index (Phi) is 7.34. The number of carbonyl (C=O) groups is 1. The standard InChI is InChI=1S/C23H23ClN4O2S2/c1-3-27(14-19-9-10-20(24)32-19)21(29)15-31-23-26-25-22(17-7-4-6-16(2)12-17)28(23)13-18-8-5-11-30-18/h4-12H,3,13-15H2,1-2H3. The summed E-state index contributed by atoms with van der Waals surface area (Å²) in [5.74, 6) is 1.88. The van der Waals surface area contributed by atoms with Gasteiger partial charge in [0, 0.05) is 17.0 Å². The van der Waals surface area contributed by atoms with Gasteiger partial charge in [0.25, 0.3) is 0 Å². The average Bonchev–Trinajstić information content (AvgIpc) is 3.53. The maximum Gasteiger partial charge on any atom is 0.233 e. The van der Waals surface area contributed by atoms with Crippen LogP contribution in [0.2, 0.25) is 4.34 Å². The van der Waals surface area contributed by atoms with E-state index in [0.717, 1.165) is 31.9 Å². The monoisotopic (exact) mass is 486 g/mol. The number of hydrogen-bond acceptors (Lipinski definition) is 6. The first-order valence-corrected chi connectivity index (χ1v) is 12.4. The molecule has 0 aliphatic heterocycles. The third-order valence-electron chi connectivity index (χ3n) is 4.92. The van der Waals surface area contributed by atoms with Gasteiger partial charge in [-0.05, 0) is 44.2 Å². The maximum absolute atomic E-state index is 12.9. The molecular weight excluding hydrogens is 464 g/mol. The highest BCUT2D eigenvalue weighted by atomic mass is 35.5. The van der Waals surface area contributed by atoms with Crippen molar-refractivity contribution in [1.29, 1.82) is 0 Å². The van der Waals surface area contributed by atoms with Crippen molar-refractivity contribution in [3.05, 3.63) is 75.3 Å². The second-order valence-electron chi connectivity index (χ2n) is 7.24. The summed E-state index contributed by atoms with van der Waals surface area (Å²) in [5.41, 5.74) is 2.12. The number of thioether (sulfide) groups is 1. The quantitative estimate of drug-likeness (QED) is 0.282. The van der Waals surface area contributed by atoms with Gasteiger partial charge in [0.1, 0.15) is 5.76 Å². The number of hydrogen-bond donors (Lipinski definition) is 0. The molecule has 0 saturated heterocycles. The van der Waals surface area contributed by atoms with E-state index in [0.29, 0.717) is 24.8 Å². The lowest BCUT2D eigenvalue weighted by molar-refractivity contribution is -0.128. The normalized spacial score (nSPS) is 11.1. The van der Waals surface area contributed by atoms with Crippen LogP contribution in [0.1, 0.15) is 23.1 Å². The molecule has 6 nitrogen and oxygen atoms in total. The van der Waals surface area contributed by atoms with Crippen molar-refractivity contribution in [3.8, 4) is 11.4 Å². The molecule has 0 aliphatic carbocycles. The zero-order valence-corrected chi connectivity index (χ0v) is 20.2. The van der Waals surface area contributed by atoms with Gasteiger partial charge in [0.05, 0.1) is 29.4 Å². The molecule has 0 fully saturated rings. The lowest BCUT2D eigenvalue weighted by Crippen LogP contribution is -2.31. The van der Waals surface area contributed by atoms with Crippen LogP contribution in [0.5, 0.6) is 0 Å². The van der Waals surface area contributed by atoms with Gasteiger partial charge in [-0.3, -0.25) is 9.36 Å². The summed E-state index contributed by atoms with van der Waals surface area (Å²) in [5, 5.41) is 9.51. The predicted octanol–water partition coefficient (Wildman–Crippen LogP) is 5.75. The van der Waals surface area contributed by atoms with Gasteiger partial charge in [-0.2, -0.15) is 0 Å². The fourth-order valence-electron chi connectivity index (χ4n) is 3.31. The maximum atomic E-state index is 12.9. The molecule has 9 heteroatoms. The molecule has 0 aliphatic rings. The number of benzene rings is 1. The lowest BCUT2D eigenvalue weighted by atomic mass is 10.1. The fraction of sp³-hybridized carbons (Fsp3) is 0.261. The molecule has 0 bridgehead atoms. The Bertz CT molecular complexity index is 1190. The smallest absolute Gasteiger partial charge is 0.233 e. The summed E-state index contributed by atoms with van der Waals surface area (Å²) < 4.78 is 8.29. The van der Waals surface area contributed by atoms with Crippen LogP contribution in [0.15, 0.2) is 64.4 Å². The van der Waals surface area contributed by atoms with E-state index in [9.17, 15) is 4.79 Å². The van der Waals surface area contributed by atoms with E-state index in [2.05, 4.69) is 16.3 Å². The molecule has 0 atom stereocenters. The molecule has 3 aromatic heterocycles. The van der Waals surface area contributed by atoms with Gasteiger partial charge in [-0.25, -0.2) is 0 Å². The minimum absolute atomic E-state index is 0.0478. The number of aryl methyl sites for hydroxylation is 1. The number of rotatable bonds is 9. The molecule has 1 amide bonds. The topological polar surface area (TPSA) is 64.2 Å². The molecular formula is C23H23ClN4O2S2. The number of furan rings is 1. The summed E-state index contributed by atoms with van der Waals surface area (Å²) >= 11 is 8.92. The van der Waals surface area contributed by atoms with E-state index in [-0.39, 0.29) is 11.7 Å². The van der Waals surface area contributed by atoms with Crippen LogP contribution in [-0.4, -0.2) is 37.9 Å². The highest BCUT2D eigenvalue weighted by Crippen LogP contribution is 2.27. The van der Waals surface area contributed by atoms with Crippen molar-refractivity contribution < 1.29 is 9.21 Å². The van der Waals surface area contributed by atoms with Crippen molar-refractivity contribution in [2.45, 2.75) is 32.1 Å². The average molecular weight is 487 g/mol. The Hall–Kier alpha value is -2.55. The number of carbonyl (C=O) groups excluding carboxylic acids is 1. The minimum Gasteiger partial charge on any atom is -0.467 e. The van der Waals surface area contributed by atoms with Gasteiger partial charge < -0.3 is 9.32 Å². The summed E-state index contributed by atoms with van der Waals surface area (Å²) in [6.45, 7) is 5.70. The number of thiophene rings is 1. The Morgan fingerprint density at radius 2 is 2.09 bits per heavy atom. The van der Waals surface area contributed by atoms with Crippen LogP contribution in [0, 0.1) is 6.92 Å². The van der Waals surface area contributed by atoms with Gasteiger partial charge in [-0.1, -0.05) is 47.1 Å². The highest BCUT2D eigenvalue weighted by molar-refractivity contribution is 7.99. The summed E-state index contributed by atoms with van der Waals surface area (Å²) in [7, 11) is 0. The van der Waals surface area contributed by atoms with Gasteiger partial charge in [0.2, 0.25) is 5.91 Å². The Labute approximate surface area is 200 Å². The van der Waals surface area contributed by atoms with Crippen LogP contribution in [0.25, 0.3) is 11.4 Å². The molecule has 32 heavy (non-hydrogen) atoms. The van der Waals surface area contributed by atoms with E-state index < -0.39 is 0 Å². The Balaban J connectivity index is 1.52. The van der Waals surface area contributed by atoms with Gasteiger partial charge in [0.15, 0.2) is 11.0 Å². The first-order valence-electron chi connectivity index (χ1n) is 10.2. The molecule has 166 valence electrons. The number of halogens is 1. The number of nitrogens with zero attached hydrogens (tertiary/aromatic N) is 4. The van der Waals surface area contributed by atoms with Crippen molar-refractivity contribution in [1.82, 2.24) is 19.7 Å². The van der Waals surface area contributed by atoms with E-state index in [1.807, 2.05) is 65.8 Å². The summed E-state index contributed by atoms with van der Waals surface area (Å²) in [6.07, 6.45) is 1.65. The Morgan fingerprint density at radius 1 is 1.22 bits per heavy atom. The zero-order valence-electron chi connectivity index (χ0n) is 17.8. The number of amides is 1. The van der Waals surface area contributed by atoms with E-state index >= 15 is 0 Å². The van der Waals surface area contributed by atoms with Crippen LogP contribution < -0.4 is 0 Å². The van der Waals surface area contributed by atoms with Crippen LogP contribution >= 0.6 is 34.7 Å². The summed E-state index contributed by atoms with van der Waals surface area (Å²) in [4.78, 5) is 15.8. The third-order valence-corrected chi connectivity index (χ3v) is 7.09. The van der Waals surface area contributed by atoms with E-state index in [1.165, 1.54) is 23.1 Å². The van der Waals surface area contributed by atoms with Gasteiger partial charge >= 0.3 is 0 Å². The molecule has 4 rings (SSSR count). The molecule has 0 radical (unpaired) electrons.